The first-order chi connectivity index (χ1) is 6.29. The fourth-order valence-electron chi connectivity index (χ4n) is 1.71. The van der Waals surface area contributed by atoms with Crippen molar-refractivity contribution in [1.82, 2.24) is 4.98 Å². The van der Waals surface area contributed by atoms with E-state index in [-0.39, 0.29) is 0 Å². The predicted molar refractivity (Wildman–Crippen MR) is 60.4 cm³/mol. The summed E-state index contributed by atoms with van der Waals surface area (Å²) in [6.45, 7) is 4.66. The molecule has 0 aliphatic carbocycles. The molecule has 0 amide bonds. The third kappa shape index (κ3) is 2.05. The van der Waals surface area contributed by atoms with Gasteiger partial charge in [0, 0.05) is 13.1 Å². The summed E-state index contributed by atoms with van der Waals surface area (Å²) in [5.41, 5.74) is 0. The Kier molecular flexibility index (Phi) is 2.89. The Balaban J connectivity index is 1.86. The second-order valence-electron chi connectivity index (χ2n) is 3.51. The van der Waals surface area contributed by atoms with E-state index < -0.39 is 0 Å². The van der Waals surface area contributed by atoms with Gasteiger partial charge in [-0.2, -0.15) is 0 Å². The molecular formula is C9H13BrN2S. The summed E-state index contributed by atoms with van der Waals surface area (Å²) in [5, 5.41) is 1.17. The molecule has 0 bridgehead atoms. The molecule has 0 saturated carbocycles. The lowest BCUT2D eigenvalue weighted by molar-refractivity contribution is 0.380. The molecule has 2 heterocycles. The number of rotatable bonds is 3. The minimum absolute atomic E-state index is 0.910. The summed E-state index contributed by atoms with van der Waals surface area (Å²) in [4.78, 5) is 6.69. The topological polar surface area (TPSA) is 16.1 Å². The van der Waals surface area contributed by atoms with E-state index in [2.05, 4.69) is 32.7 Å². The van der Waals surface area contributed by atoms with Crippen LogP contribution in [0.25, 0.3) is 0 Å². The van der Waals surface area contributed by atoms with Gasteiger partial charge in [-0.15, -0.1) is 0 Å². The fraction of sp³-hybridized carbons (Fsp3) is 0.667. The van der Waals surface area contributed by atoms with Gasteiger partial charge in [0.2, 0.25) is 0 Å². The van der Waals surface area contributed by atoms with Crippen molar-refractivity contribution < 1.29 is 0 Å². The van der Waals surface area contributed by atoms with E-state index in [4.69, 9.17) is 0 Å². The van der Waals surface area contributed by atoms with Gasteiger partial charge in [-0.3, -0.25) is 0 Å². The highest BCUT2D eigenvalue weighted by atomic mass is 79.9. The summed E-state index contributed by atoms with van der Waals surface area (Å²) >= 11 is 5.15. The van der Waals surface area contributed by atoms with E-state index in [1.165, 1.54) is 31.1 Å². The summed E-state index contributed by atoms with van der Waals surface area (Å²) in [5.74, 6) is 0.910. The Morgan fingerprint density at radius 3 is 3.00 bits per heavy atom. The monoisotopic (exact) mass is 260 g/mol. The molecule has 2 rings (SSSR count). The highest BCUT2D eigenvalue weighted by molar-refractivity contribution is 9.11. The normalized spacial score (nSPS) is 17.5. The zero-order valence-corrected chi connectivity index (χ0v) is 10.1. The molecule has 2 nitrogen and oxygen atoms in total. The van der Waals surface area contributed by atoms with Crippen LogP contribution in [-0.2, 0) is 0 Å². The molecule has 0 unspecified atom stereocenters. The molecule has 1 aromatic heterocycles. The van der Waals surface area contributed by atoms with E-state index in [0.29, 0.717) is 0 Å². The van der Waals surface area contributed by atoms with E-state index >= 15 is 0 Å². The van der Waals surface area contributed by atoms with Crippen LogP contribution < -0.4 is 4.90 Å². The highest BCUT2D eigenvalue weighted by Crippen LogP contribution is 2.32. The zero-order chi connectivity index (χ0) is 9.26. The van der Waals surface area contributed by atoms with Crippen molar-refractivity contribution in [3.63, 3.8) is 0 Å². The van der Waals surface area contributed by atoms with Gasteiger partial charge in [0.25, 0.3) is 0 Å². The summed E-state index contributed by atoms with van der Waals surface area (Å²) in [6, 6.07) is 0. The molecule has 1 aromatic rings. The smallest absolute Gasteiger partial charge is 0.186 e. The Bertz CT molecular complexity index is 281. The molecule has 0 atom stereocenters. The molecule has 1 aliphatic rings. The number of aromatic nitrogens is 1. The van der Waals surface area contributed by atoms with E-state index in [1.54, 1.807) is 11.3 Å². The third-order valence-corrected chi connectivity index (χ3v) is 3.93. The number of thiazole rings is 1. The third-order valence-electron chi connectivity index (χ3n) is 2.39. The highest BCUT2D eigenvalue weighted by Gasteiger charge is 2.27. The van der Waals surface area contributed by atoms with Crippen molar-refractivity contribution in [3.05, 3.63) is 9.98 Å². The molecule has 0 spiro atoms. The number of hydrogen-bond donors (Lipinski definition) is 0. The molecule has 1 saturated heterocycles. The second kappa shape index (κ2) is 3.96. The van der Waals surface area contributed by atoms with Crippen molar-refractivity contribution >= 4 is 32.4 Å². The molecule has 0 aromatic carbocycles. The van der Waals surface area contributed by atoms with Crippen LogP contribution in [0.5, 0.6) is 0 Å². The van der Waals surface area contributed by atoms with Crippen LogP contribution in [0.15, 0.2) is 9.98 Å². The van der Waals surface area contributed by atoms with Crippen molar-refractivity contribution in [2.45, 2.75) is 19.8 Å². The van der Waals surface area contributed by atoms with Gasteiger partial charge in [0.1, 0.15) is 0 Å². The zero-order valence-electron chi connectivity index (χ0n) is 7.66. The van der Waals surface area contributed by atoms with Gasteiger partial charge >= 0.3 is 0 Å². The Morgan fingerprint density at radius 1 is 1.69 bits per heavy atom. The Morgan fingerprint density at radius 2 is 2.46 bits per heavy atom. The lowest BCUT2D eigenvalue weighted by Crippen LogP contribution is -2.46. The minimum Gasteiger partial charge on any atom is -0.347 e. The lowest BCUT2D eigenvalue weighted by atomic mass is 9.96. The van der Waals surface area contributed by atoms with Gasteiger partial charge < -0.3 is 4.90 Å². The second-order valence-corrected chi connectivity index (χ2v) is 5.89. The van der Waals surface area contributed by atoms with Crippen LogP contribution in [0, 0.1) is 5.92 Å². The summed E-state index contributed by atoms with van der Waals surface area (Å²) in [7, 11) is 0. The average Bonchev–Trinajstić information content (AvgIpc) is 2.43. The first-order valence-electron chi connectivity index (χ1n) is 4.66. The van der Waals surface area contributed by atoms with Gasteiger partial charge in [0.05, 0.1) is 9.98 Å². The SMILES string of the molecule is CCCC1CN(c2ncc(Br)s2)C1. The van der Waals surface area contributed by atoms with Crippen molar-refractivity contribution in [2.75, 3.05) is 18.0 Å². The van der Waals surface area contributed by atoms with Crippen molar-refractivity contribution in [3.8, 4) is 0 Å². The van der Waals surface area contributed by atoms with Crippen LogP contribution in [0.4, 0.5) is 5.13 Å². The number of halogens is 1. The molecule has 72 valence electrons. The Labute approximate surface area is 91.1 Å². The fourth-order valence-corrected chi connectivity index (χ4v) is 2.91. The molecule has 1 aliphatic heterocycles. The molecule has 4 heteroatoms. The Hall–Kier alpha value is -0.0900. The predicted octanol–water partition coefficient (Wildman–Crippen LogP) is 3.14. The van der Waals surface area contributed by atoms with Gasteiger partial charge in [0.15, 0.2) is 5.13 Å². The van der Waals surface area contributed by atoms with Crippen LogP contribution in [0.3, 0.4) is 0 Å². The number of hydrogen-bond acceptors (Lipinski definition) is 3. The largest absolute Gasteiger partial charge is 0.347 e. The van der Waals surface area contributed by atoms with Crippen molar-refractivity contribution in [1.29, 1.82) is 0 Å². The van der Waals surface area contributed by atoms with E-state index in [1.807, 2.05) is 6.20 Å². The van der Waals surface area contributed by atoms with E-state index in [0.717, 1.165) is 9.70 Å². The number of nitrogens with zero attached hydrogens (tertiary/aromatic N) is 2. The van der Waals surface area contributed by atoms with Crippen LogP contribution in [0.1, 0.15) is 19.8 Å². The first-order valence-corrected chi connectivity index (χ1v) is 6.27. The van der Waals surface area contributed by atoms with Crippen LogP contribution in [-0.4, -0.2) is 18.1 Å². The summed E-state index contributed by atoms with van der Waals surface area (Å²) < 4.78 is 1.13. The van der Waals surface area contributed by atoms with Gasteiger partial charge in [-0.25, -0.2) is 4.98 Å². The van der Waals surface area contributed by atoms with Crippen LogP contribution in [0.2, 0.25) is 0 Å². The molecular weight excluding hydrogens is 248 g/mol. The molecule has 13 heavy (non-hydrogen) atoms. The first kappa shape index (κ1) is 9.46. The maximum absolute atomic E-state index is 4.33. The van der Waals surface area contributed by atoms with E-state index in [9.17, 15) is 0 Å². The quantitative estimate of drug-likeness (QED) is 0.831. The number of anilines is 1. The minimum atomic E-state index is 0.910. The molecule has 0 N–H and O–H groups in total. The maximum atomic E-state index is 4.33. The van der Waals surface area contributed by atoms with Crippen molar-refractivity contribution in [2.24, 2.45) is 5.92 Å². The molecule has 1 fully saturated rings. The lowest BCUT2D eigenvalue weighted by Gasteiger charge is -2.39. The van der Waals surface area contributed by atoms with Gasteiger partial charge in [-0.05, 0) is 28.3 Å². The maximum Gasteiger partial charge on any atom is 0.186 e. The summed E-state index contributed by atoms with van der Waals surface area (Å²) in [6.07, 6.45) is 4.55. The average molecular weight is 261 g/mol. The molecule has 0 radical (unpaired) electrons. The standard InChI is InChI=1S/C9H13BrN2S/c1-2-3-7-5-12(6-7)9-11-4-8(10)13-9/h4,7H,2-3,5-6H2,1H3. The van der Waals surface area contributed by atoms with Crippen LogP contribution >= 0.6 is 27.3 Å². The van der Waals surface area contributed by atoms with Gasteiger partial charge in [-0.1, -0.05) is 24.7 Å².